The minimum atomic E-state index is -3.10. The molecule has 0 saturated heterocycles. The summed E-state index contributed by atoms with van der Waals surface area (Å²) in [5.74, 6) is 0.0671. The van der Waals surface area contributed by atoms with Crippen molar-refractivity contribution in [2.75, 3.05) is 5.73 Å². The number of aromatic nitrogens is 1. The van der Waals surface area contributed by atoms with E-state index in [0.717, 1.165) is 23.0 Å². The molecule has 19 heavy (non-hydrogen) atoms. The zero-order valence-electron chi connectivity index (χ0n) is 11.6. The van der Waals surface area contributed by atoms with E-state index in [0.29, 0.717) is 5.69 Å². The molecular weight excluding hydrogens is 260 g/mol. The van der Waals surface area contributed by atoms with Crippen molar-refractivity contribution in [2.24, 2.45) is 0 Å². The Kier molecular flexibility index (Phi) is 3.58. The van der Waals surface area contributed by atoms with E-state index in [1.165, 1.54) is 0 Å². The molecule has 4 nitrogen and oxygen atoms in total. The lowest BCUT2D eigenvalue weighted by Crippen LogP contribution is -2.15. The summed E-state index contributed by atoms with van der Waals surface area (Å²) in [6, 6.07) is 5.64. The van der Waals surface area contributed by atoms with Crippen molar-refractivity contribution < 1.29 is 8.42 Å². The largest absolute Gasteiger partial charge is 0.397 e. The number of anilines is 1. The number of fused-ring (bicyclic) bond motifs is 1. The van der Waals surface area contributed by atoms with Crippen LogP contribution in [0.2, 0.25) is 0 Å². The van der Waals surface area contributed by atoms with Gasteiger partial charge in [-0.2, -0.15) is 0 Å². The SMILES string of the molecule is CCn1cc(CS(=O)(=O)C(C)C)c2cccc(N)c21. The van der Waals surface area contributed by atoms with Gasteiger partial charge < -0.3 is 10.3 Å². The minimum absolute atomic E-state index is 0.0671. The van der Waals surface area contributed by atoms with E-state index < -0.39 is 9.84 Å². The summed E-state index contributed by atoms with van der Waals surface area (Å²) in [6.45, 7) is 6.21. The van der Waals surface area contributed by atoms with Gasteiger partial charge in [-0.05, 0) is 32.4 Å². The fourth-order valence-corrected chi connectivity index (χ4v) is 3.21. The number of nitrogens with zero attached hydrogens (tertiary/aromatic N) is 1. The summed E-state index contributed by atoms with van der Waals surface area (Å²) in [6.07, 6.45) is 1.90. The molecule has 104 valence electrons. The molecule has 5 heteroatoms. The van der Waals surface area contributed by atoms with E-state index in [9.17, 15) is 8.42 Å². The minimum Gasteiger partial charge on any atom is -0.397 e. The van der Waals surface area contributed by atoms with Gasteiger partial charge in [0.05, 0.1) is 22.2 Å². The van der Waals surface area contributed by atoms with Gasteiger partial charge in [0.2, 0.25) is 0 Å². The standard InChI is InChI=1S/C14H20N2O2S/c1-4-16-8-11(9-19(17,18)10(2)3)12-6-5-7-13(15)14(12)16/h5-8,10H,4,9,15H2,1-3H3. The van der Waals surface area contributed by atoms with Crippen molar-refractivity contribution in [1.29, 1.82) is 0 Å². The zero-order chi connectivity index (χ0) is 14.2. The Balaban J connectivity index is 2.60. The van der Waals surface area contributed by atoms with Gasteiger partial charge in [0, 0.05) is 18.1 Å². The van der Waals surface area contributed by atoms with Crippen molar-refractivity contribution in [3.63, 3.8) is 0 Å². The van der Waals surface area contributed by atoms with Gasteiger partial charge in [0.25, 0.3) is 0 Å². The van der Waals surface area contributed by atoms with Crippen LogP contribution >= 0.6 is 0 Å². The van der Waals surface area contributed by atoms with Crippen LogP contribution in [0.5, 0.6) is 0 Å². The Labute approximate surface area is 114 Å². The molecule has 2 rings (SSSR count). The van der Waals surface area contributed by atoms with Gasteiger partial charge >= 0.3 is 0 Å². The first-order chi connectivity index (χ1) is 8.86. The van der Waals surface area contributed by atoms with Crippen molar-refractivity contribution in [3.05, 3.63) is 30.0 Å². The lowest BCUT2D eigenvalue weighted by atomic mass is 10.2. The third-order valence-electron chi connectivity index (χ3n) is 3.43. The summed E-state index contributed by atoms with van der Waals surface area (Å²) in [5, 5.41) is 0.569. The first-order valence-corrected chi connectivity index (χ1v) is 8.16. The first kappa shape index (κ1) is 13.9. The highest BCUT2D eigenvalue weighted by Gasteiger charge is 2.20. The number of sulfone groups is 1. The second-order valence-electron chi connectivity index (χ2n) is 5.04. The Morgan fingerprint density at radius 2 is 2.00 bits per heavy atom. The van der Waals surface area contributed by atoms with Crippen molar-refractivity contribution in [1.82, 2.24) is 4.57 Å². The lowest BCUT2D eigenvalue weighted by molar-refractivity contribution is 0.586. The van der Waals surface area contributed by atoms with Gasteiger partial charge in [0.15, 0.2) is 9.84 Å². The molecule has 0 atom stereocenters. The molecule has 0 radical (unpaired) electrons. The number of aryl methyl sites for hydroxylation is 1. The molecule has 0 bridgehead atoms. The Bertz CT molecular complexity index is 700. The fourth-order valence-electron chi connectivity index (χ4n) is 2.21. The van der Waals surface area contributed by atoms with Crippen LogP contribution in [-0.4, -0.2) is 18.2 Å². The predicted octanol–water partition coefficient (Wildman–Crippen LogP) is 2.57. The maximum atomic E-state index is 12.1. The maximum absolute atomic E-state index is 12.1. The van der Waals surface area contributed by atoms with E-state index in [1.807, 2.05) is 35.9 Å². The number of benzene rings is 1. The van der Waals surface area contributed by atoms with Gasteiger partial charge in [-0.1, -0.05) is 12.1 Å². The molecule has 2 N–H and O–H groups in total. The van der Waals surface area contributed by atoms with Crippen LogP contribution in [0.25, 0.3) is 10.9 Å². The topological polar surface area (TPSA) is 65.1 Å². The van der Waals surface area contributed by atoms with Gasteiger partial charge in [0.1, 0.15) is 0 Å². The van der Waals surface area contributed by atoms with Crippen LogP contribution in [0.15, 0.2) is 24.4 Å². The molecular formula is C14H20N2O2S. The number of rotatable bonds is 4. The van der Waals surface area contributed by atoms with E-state index >= 15 is 0 Å². The van der Waals surface area contributed by atoms with Crippen LogP contribution in [0.3, 0.4) is 0 Å². The monoisotopic (exact) mass is 280 g/mol. The Hall–Kier alpha value is -1.49. The highest BCUT2D eigenvalue weighted by atomic mass is 32.2. The lowest BCUT2D eigenvalue weighted by Gasteiger charge is -2.06. The number of nitrogen functional groups attached to an aromatic ring is 1. The van der Waals surface area contributed by atoms with Crippen molar-refractivity contribution in [2.45, 2.75) is 38.3 Å². The van der Waals surface area contributed by atoms with Gasteiger partial charge in [-0.3, -0.25) is 0 Å². The van der Waals surface area contributed by atoms with Crippen LogP contribution in [0.4, 0.5) is 5.69 Å². The predicted molar refractivity (Wildman–Crippen MR) is 79.8 cm³/mol. The summed E-state index contributed by atoms with van der Waals surface area (Å²) in [5.41, 5.74) is 8.45. The molecule has 0 aliphatic heterocycles. The number of hydrogen-bond acceptors (Lipinski definition) is 3. The molecule has 0 aliphatic carbocycles. The molecule has 1 aromatic heterocycles. The molecule has 0 amide bonds. The van der Waals surface area contributed by atoms with Crippen LogP contribution in [0.1, 0.15) is 26.3 Å². The second kappa shape index (κ2) is 4.89. The average molecular weight is 280 g/mol. The quantitative estimate of drug-likeness (QED) is 0.875. The van der Waals surface area contributed by atoms with E-state index in [-0.39, 0.29) is 11.0 Å². The fraction of sp³-hybridized carbons (Fsp3) is 0.429. The molecule has 0 aliphatic rings. The van der Waals surface area contributed by atoms with Crippen LogP contribution < -0.4 is 5.73 Å². The highest BCUT2D eigenvalue weighted by molar-refractivity contribution is 7.91. The van der Waals surface area contributed by atoms with Gasteiger partial charge in [-0.15, -0.1) is 0 Å². The van der Waals surface area contributed by atoms with E-state index in [1.54, 1.807) is 13.8 Å². The molecule has 2 aromatic rings. The summed E-state index contributed by atoms with van der Waals surface area (Å²) >= 11 is 0. The highest BCUT2D eigenvalue weighted by Crippen LogP contribution is 2.28. The summed E-state index contributed by atoms with van der Waals surface area (Å²) in [7, 11) is -3.10. The molecule has 1 heterocycles. The third kappa shape index (κ3) is 2.47. The molecule has 0 unspecified atom stereocenters. The second-order valence-corrected chi connectivity index (χ2v) is 7.60. The molecule has 0 spiro atoms. The van der Waals surface area contributed by atoms with Crippen LogP contribution in [0, 0.1) is 0 Å². The maximum Gasteiger partial charge on any atom is 0.156 e. The summed E-state index contributed by atoms with van der Waals surface area (Å²) < 4.78 is 26.2. The Morgan fingerprint density at radius 3 is 2.58 bits per heavy atom. The average Bonchev–Trinajstić information content (AvgIpc) is 2.68. The molecule has 0 fully saturated rings. The number of nitrogens with two attached hydrogens (primary N) is 1. The first-order valence-electron chi connectivity index (χ1n) is 6.44. The normalized spacial score (nSPS) is 12.4. The summed E-state index contributed by atoms with van der Waals surface area (Å²) in [4.78, 5) is 0. The van der Waals surface area contributed by atoms with Crippen LogP contribution in [-0.2, 0) is 22.1 Å². The third-order valence-corrected chi connectivity index (χ3v) is 5.58. The zero-order valence-corrected chi connectivity index (χ0v) is 12.4. The molecule has 0 saturated carbocycles. The molecule has 1 aromatic carbocycles. The Morgan fingerprint density at radius 1 is 1.32 bits per heavy atom. The van der Waals surface area contributed by atoms with E-state index in [4.69, 9.17) is 5.73 Å². The number of para-hydroxylation sites is 1. The smallest absolute Gasteiger partial charge is 0.156 e. The van der Waals surface area contributed by atoms with E-state index in [2.05, 4.69) is 0 Å². The van der Waals surface area contributed by atoms with Gasteiger partial charge in [-0.25, -0.2) is 8.42 Å². The van der Waals surface area contributed by atoms with Crippen molar-refractivity contribution >= 4 is 26.4 Å². The number of hydrogen-bond donors (Lipinski definition) is 1. The van der Waals surface area contributed by atoms with Crippen molar-refractivity contribution in [3.8, 4) is 0 Å².